The first-order chi connectivity index (χ1) is 14.7. The number of hydrogen-bond donors (Lipinski definition) is 0. The Bertz CT molecular complexity index is 880. The first kappa shape index (κ1) is 22.5. The molecule has 1 fully saturated rings. The van der Waals surface area contributed by atoms with E-state index in [9.17, 15) is 14.4 Å². The molecule has 2 atom stereocenters. The third-order valence-corrected chi connectivity index (χ3v) is 5.16. The van der Waals surface area contributed by atoms with Gasteiger partial charge in [0.2, 0.25) is 5.91 Å². The predicted octanol–water partition coefficient (Wildman–Crippen LogP) is 4.53. The van der Waals surface area contributed by atoms with Crippen LogP contribution >= 0.6 is 0 Å². The van der Waals surface area contributed by atoms with E-state index in [1.807, 2.05) is 60.7 Å². The zero-order valence-corrected chi connectivity index (χ0v) is 18.4. The van der Waals surface area contributed by atoms with Gasteiger partial charge in [-0.25, -0.2) is 9.69 Å². The molecule has 0 saturated carbocycles. The number of benzene rings is 2. The van der Waals surface area contributed by atoms with E-state index in [1.165, 1.54) is 4.90 Å². The highest BCUT2D eigenvalue weighted by atomic mass is 16.6. The molecule has 0 N–H and O–H groups in total. The van der Waals surface area contributed by atoms with Crippen molar-refractivity contribution < 1.29 is 23.9 Å². The minimum atomic E-state index is -0.713. The molecule has 2 amide bonds. The van der Waals surface area contributed by atoms with Crippen LogP contribution in [0.15, 0.2) is 60.7 Å². The highest BCUT2D eigenvalue weighted by Gasteiger charge is 2.45. The molecule has 0 unspecified atom stereocenters. The molecule has 164 valence electrons. The molecule has 3 rings (SSSR count). The van der Waals surface area contributed by atoms with Crippen LogP contribution in [0.3, 0.4) is 0 Å². The van der Waals surface area contributed by atoms with Gasteiger partial charge in [0, 0.05) is 11.8 Å². The normalized spacial score (nSPS) is 17.4. The number of amides is 2. The summed E-state index contributed by atoms with van der Waals surface area (Å²) < 4.78 is 10.6. The highest BCUT2D eigenvalue weighted by Crippen LogP contribution is 2.35. The lowest BCUT2D eigenvalue weighted by Crippen LogP contribution is -2.45. The minimum Gasteiger partial charge on any atom is -0.460 e. The number of esters is 1. The van der Waals surface area contributed by atoms with Gasteiger partial charge in [-0.3, -0.25) is 9.59 Å². The fourth-order valence-electron chi connectivity index (χ4n) is 3.85. The maximum Gasteiger partial charge on any atom is 0.417 e. The van der Waals surface area contributed by atoms with Gasteiger partial charge in [0.05, 0.1) is 12.5 Å². The van der Waals surface area contributed by atoms with Gasteiger partial charge in [-0.2, -0.15) is 0 Å². The molecule has 0 radical (unpaired) electrons. The number of ether oxygens (including phenoxy) is 2. The standard InChI is InChI=1S/C25H29NO5/c1-17(15-21(27)31-25(2,3)4)23(28)26-20(16-30-24(26)29)22(18-11-7-5-8-12-18)19-13-9-6-10-14-19/h5-14,17,20,22H,15-16H2,1-4H3/t17-,20-/m0/s1. The Morgan fingerprint density at radius 2 is 1.55 bits per heavy atom. The Kier molecular flexibility index (Phi) is 6.78. The smallest absolute Gasteiger partial charge is 0.417 e. The van der Waals surface area contributed by atoms with Crippen LogP contribution in [-0.2, 0) is 19.1 Å². The van der Waals surface area contributed by atoms with E-state index < -0.39 is 35.5 Å². The van der Waals surface area contributed by atoms with Crippen molar-refractivity contribution in [1.82, 2.24) is 4.90 Å². The second kappa shape index (κ2) is 9.33. The molecule has 0 bridgehead atoms. The Labute approximate surface area is 183 Å². The SMILES string of the molecule is C[C@@H](CC(=O)OC(C)(C)C)C(=O)N1C(=O)OC[C@H]1C(c1ccccc1)c1ccccc1. The third kappa shape index (κ3) is 5.51. The van der Waals surface area contributed by atoms with E-state index in [-0.39, 0.29) is 18.9 Å². The Morgan fingerprint density at radius 1 is 1.03 bits per heavy atom. The van der Waals surface area contributed by atoms with Crippen molar-refractivity contribution in [2.45, 2.75) is 51.7 Å². The maximum absolute atomic E-state index is 13.3. The van der Waals surface area contributed by atoms with Crippen LogP contribution in [-0.4, -0.2) is 41.1 Å². The number of nitrogens with zero attached hydrogens (tertiary/aromatic N) is 1. The molecule has 1 heterocycles. The molecule has 1 saturated heterocycles. The summed E-state index contributed by atoms with van der Waals surface area (Å²) in [5.74, 6) is -1.86. The lowest BCUT2D eigenvalue weighted by atomic mass is 9.84. The van der Waals surface area contributed by atoms with Crippen molar-refractivity contribution in [2.75, 3.05) is 6.61 Å². The zero-order valence-electron chi connectivity index (χ0n) is 18.4. The van der Waals surface area contributed by atoms with Crippen molar-refractivity contribution in [1.29, 1.82) is 0 Å². The first-order valence-electron chi connectivity index (χ1n) is 10.5. The van der Waals surface area contributed by atoms with E-state index in [2.05, 4.69) is 0 Å². The monoisotopic (exact) mass is 423 g/mol. The van der Waals surface area contributed by atoms with Gasteiger partial charge in [0.25, 0.3) is 0 Å². The molecule has 1 aliphatic heterocycles. The second-order valence-corrected chi connectivity index (χ2v) is 8.84. The van der Waals surface area contributed by atoms with Crippen molar-refractivity contribution >= 4 is 18.0 Å². The lowest BCUT2D eigenvalue weighted by Gasteiger charge is -2.30. The van der Waals surface area contributed by atoms with Crippen LogP contribution in [0, 0.1) is 5.92 Å². The van der Waals surface area contributed by atoms with E-state index >= 15 is 0 Å². The maximum atomic E-state index is 13.3. The molecule has 2 aromatic carbocycles. The molecule has 0 aliphatic carbocycles. The Balaban J connectivity index is 1.88. The Morgan fingerprint density at radius 3 is 2.03 bits per heavy atom. The summed E-state index contributed by atoms with van der Waals surface area (Å²) in [6.07, 6.45) is -0.781. The van der Waals surface area contributed by atoms with Crippen LogP contribution in [0.5, 0.6) is 0 Å². The molecule has 0 aromatic heterocycles. The topological polar surface area (TPSA) is 72.9 Å². The van der Waals surface area contributed by atoms with Crippen molar-refractivity contribution in [3.05, 3.63) is 71.8 Å². The van der Waals surface area contributed by atoms with E-state index in [4.69, 9.17) is 9.47 Å². The van der Waals surface area contributed by atoms with Crippen LogP contribution < -0.4 is 0 Å². The largest absolute Gasteiger partial charge is 0.460 e. The molecule has 0 spiro atoms. The van der Waals surface area contributed by atoms with Gasteiger partial charge in [0.15, 0.2) is 0 Å². The fourth-order valence-corrected chi connectivity index (χ4v) is 3.85. The fraction of sp³-hybridized carbons (Fsp3) is 0.400. The minimum absolute atomic E-state index is 0.0954. The number of carbonyl (C=O) groups is 3. The van der Waals surface area contributed by atoms with E-state index in [0.717, 1.165) is 11.1 Å². The second-order valence-electron chi connectivity index (χ2n) is 8.84. The predicted molar refractivity (Wildman–Crippen MR) is 116 cm³/mol. The molecule has 6 nitrogen and oxygen atoms in total. The van der Waals surface area contributed by atoms with Crippen LogP contribution in [0.25, 0.3) is 0 Å². The third-order valence-electron chi connectivity index (χ3n) is 5.16. The molecule has 1 aliphatic rings. The first-order valence-corrected chi connectivity index (χ1v) is 10.5. The van der Waals surface area contributed by atoms with Crippen molar-refractivity contribution in [3.63, 3.8) is 0 Å². The Hall–Kier alpha value is -3.15. The average Bonchev–Trinajstić information content (AvgIpc) is 3.08. The van der Waals surface area contributed by atoms with Gasteiger partial charge in [0.1, 0.15) is 12.2 Å². The molecular weight excluding hydrogens is 394 g/mol. The van der Waals surface area contributed by atoms with Gasteiger partial charge in [-0.1, -0.05) is 67.6 Å². The van der Waals surface area contributed by atoms with E-state index in [0.29, 0.717) is 0 Å². The summed E-state index contributed by atoms with van der Waals surface area (Å²) >= 11 is 0. The van der Waals surface area contributed by atoms with Crippen LogP contribution in [0.4, 0.5) is 4.79 Å². The summed E-state index contributed by atoms with van der Waals surface area (Å²) in [6.45, 7) is 7.05. The number of imide groups is 1. The van der Waals surface area contributed by atoms with Crippen LogP contribution in [0.2, 0.25) is 0 Å². The highest BCUT2D eigenvalue weighted by molar-refractivity contribution is 5.96. The summed E-state index contributed by atoms with van der Waals surface area (Å²) in [7, 11) is 0. The van der Waals surface area contributed by atoms with E-state index in [1.54, 1.807) is 27.7 Å². The number of rotatable bonds is 6. The quantitative estimate of drug-likeness (QED) is 0.638. The molecule has 2 aromatic rings. The molecular formula is C25H29NO5. The number of carbonyl (C=O) groups excluding carboxylic acids is 3. The number of cyclic esters (lactones) is 1. The van der Waals surface area contributed by atoms with Gasteiger partial charge in [-0.05, 0) is 31.9 Å². The summed E-state index contributed by atoms with van der Waals surface area (Å²) in [6, 6.07) is 19.0. The molecule has 6 heteroatoms. The van der Waals surface area contributed by atoms with Crippen LogP contribution in [0.1, 0.15) is 51.2 Å². The van der Waals surface area contributed by atoms with Crippen molar-refractivity contribution in [2.24, 2.45) is 5.92 Å². The molecule has 31 heavy (non-hydrogen) atoms. The van der Waals surface area contributed by atoms with Crippen molar-refractivity contribution in [3.8, 4) is 0 Å². The van der Waals surface area contributed by atoms with Gasteiger partial charge >= 0.3 is 12.1 Å². The summed E-state index contributed by atoms with van der Waals surface area (Å²) in [5.41, 5.74) is 1.32. The van der Waals surface area contributed by atoms with Gasteiger partial charge in [-0.15, -0.1) is 0 Å². The average molecular weight is 424 g/mol. The van der Waals surface area contributed by atoms with Gasteiger partial charge < -0.3 is 9.47 Å². The number of hydrogen-bond acceptors (Lipinski definition) is 5. The summed E-state index contributed by atoms with van der Waals surface area (Å²) in [5, 5.41) is 0. The lowest BCUT2D eigenvalue weighted by molar-refractivity contribution is -0.158. The summed E-state index contributed by atoms with van der Waals surface area (Å²) in [4.78, 5) is 39.2. The zero-order chi connectivity index (χ0) is 22.6.